The molecule has 0 aromatic heterocycles. The van der Waals surface area contributed by atoms with Gasteiger partial charge in [-0.3, -0.25) is 5.41 Å². The first-order valence-electron chi connectivity index (χ1n) is 6.30. The Hall–Kier alpha value is -0.610. The molecular weight excluding hydrogens is 202 g/mol. The standard InChI is InChI=1S/C12H25N3O/c1-9(2)7-10-3-4-14-11(8-10)12(13)15-5-6-16/h9-11,14,16H,3-8H2,1-2H3,(H2,13,15). The number of hydrogen-bond donors (Lipinski definition) is 4. The van der Waals surface area contributed by atoms with Gasteiger partial charge in [-0.05, 0) is 37.6 Å². The van der Waals surface area contributed by atoms with Crippen molar-refractivity contribution in [1.29, 1.82) is 5.41 Å². The Morgan fingerprint density at radius 2 is 2.31 bits per heavy atom. The van der Waals surface area contributed by atoms with Gasteiger partial charge in [-0.1, -0.05) is 13.8 Å². The zero-order valence-corrected chi connectivity index (χ0v) is 10.4. The summed E-state index contributed by atoms with van der Waals surface area (Å²) in [4.78, 5) is 0. The average molecular weight is 227 g/mol. The summed E-state index contributed by atoms with van der Waals surface area (Å²) < 4.78 is 0. The van der Waals surface area contributed by atoms with Crippen molar-refractivity contribution >= 4 is 5.84 Å². The molecule has 0 amide bonds. The summed E-state index contributed by atoms with van der Waals surface area (Å²) in [6.07, 6.45) is 3.53. The van der Waals surface area contributed by atoms with Crippen LogP contribution < -0.4 is 10.6 Å². The van der Waals surface area contributed by atoms with Crippen molar-refractivity contribution in [2.24, 2.45) is 11.8 Å². The van der Waals surface area contributed by atoms with Gasteiger partial charge in [-0.15, -0.1) is 0 Å². The van der Waals surface area contributed by atoms with E-state index in [9.17, 15) is 0 Å². The van der Waals surface area contributed by atoms with Gasteiger partial charge in [0.05, 0.1) is 12.6 Å². The van der Waals surface area contributed by atoms with E-state index in [2.05, 4.69) is 24.5 Å². The molecule has 1 aliphatic rings. The smallest absolute Gasteiger partial charge is 0.111 e. The van der Waals surface area contributed by atoms with Crippen LogP contribution in [0.5, 0.6) is 0 Å². The maximum atomic E-state index is 8.70. The summed E-state index contributed by atoms with van der Waals surface area (Å²) in [5, 5.41) is 22.9. The highest BCUT2D eigenvalue weighted by molar-refractivity contribution is 5.84. The van der Waals surface area contributed by atoms with Gasteiger partial charge in [0.1, 0.15) is 5.84 Å². The van der Waals surface area contributed by atoms with E-state index in [1.165, 1.54) is 12.8 Å². The minimum atomic E-state index is 0.0878. The van der Waals surface area contributed by atoms with Crippen molar-refractivity contribution in [3.05, 3.63) is 0 Å². The van der Waals surface area contributed by atoms with Crippen LogP contribution in [-0.2, 0) is 0 Å². The fraction of sp³-hybridized carbons (Fsp3) is 0.917. The molecular formula is C12H25N3O. The van der Waals surface area contributed by atoms with Crippen LogP contribution in [0.25, 0.3) is 0 Å². The minimum absolute atomic E-state index is 0.0878. The lowest BCUT2D eigenvalue weighted by atomic mass is 9.85. The molecule has 0 aromatic carbocycles. The number of aliphatic hydroxyl groups is 1. The Kier molecular flexibility index (Phi) is 5.77. The third-order valence-corrected chi connectivity index (χ3v) is 3.09. The first kappa shape index (κ1) is 13.5. The van der Waals surface area contributed by atoms with Gasteiger partial charge >= 0.3 is 0 Å². The molecule has 0 saturated carbocycles. The second kappa shape index (κ2) is 6.86. The van der Waals surface area contributed by atoms with Gasteiger partial charge in [0, 0.05) is 6.54 Å². The number of piperidine rings is 1. The van der Waals surface area contributed by atoms with Crippen molar-refractivity contribution < 1.29 is 5.11 Å². The van der Waals surface area contributed by atoms with Crippen molar-refractivity contribution in [3.8, 4) is 0 Å². The Morgan fingerprint density at radius 3 is 2.94 bits per heavy atom. The van der Waals surface area contributed by atoms with E-state index >= 15 is 0 Å². The van der Waals surface area contributed by atoms with E-state index in [1.54, 1.807) is 0 Å². The minimum Gasteiger partial charge on any atom is -0.395 e. The maximum absolute atomic E-state index is 8.70. The molecule has 1 saturated heterocycles. The Morgan fingerprint density at radius 1 is 1.56 bits per heavy atom. The monoisotopic (exact) mass is 227 g/mol. The summed E-state index contributed by atoms with van der Waals surface area (Å²) in [5.74, 6) is 2.01. The van der Waals surface area contributed by atoms with Crippen LogP contribution in [-0.4, -0.2) is 36.7 Å². The molecule has 2 atom stereocenters. The molecule has 4 N–H and O–H groups in total. The van der Waals surface area contributed by atoms with Gasteiger partial charge in [0.15, 0.2) is 0 Å². The third kappa shape index (κ3) is 4.49. The number of rotatable bonds is 5. The normalized spacial score (nSPS) is 25.8. The highest BCUT2D eigenvalue weighted by Gasteiger charge is 2.24. The van der Waals surface area contributed by atoms with Gasteiger partial charge in [-0.2, -0.15) is 0 Å². The van der Waals surface area contributed by atoms with E-state index in [0.717, 1.165) is 24.8 Å². The summed E-state index contributed by atoms with van der Waals surface area (Å²) in [5.41, 5.74) is 0. The molecule has 0 radical (unpaired) electrons. The predicted molar refractivity (Wildman–Crippen MR) is 66.8 cm³/mol. The van der Waals surface area contributed by atoms with Crippen LogP contribution >= 0.6 is 0 Å². The maximum Gasteiger partial charge on any atom is 0.111 e. The van der Waals surface area contributed by atoms with Gasteiger partial charge in [0.2, 0.25) is 0 Å². The number of hydrogen-bond acceptors (Lipinski definition) is 3. The van der Waals surface area contributed by atoms with E-state index in [0.29, 0.717) is 12.4 Å². The van der Waals surface area contributed by atoms with E-state index in [4.69, 9.17) is 10.5 Å². The van der Waals surface area contributed by atoms with Crippen LogP contribution in [0.2, 0.25) is 0 Å². The van der Waals surface area contributed by atoms with E-state index in [-0.39, 0.29) is 12.6 Å². The molecule has 1 heterocycles. The van der Waals surface area contributed by atoms with Gasteiger partial charge in [0.25, 0.3) is 0 Å². The SMILES string of the molecule is CC(C)CC1CCNC(C(=N)NCCO)C1. The van der Waals surface area contributed by atoms with Crippen LogP contribution in [0.3, 0.4) is 0 Å². The van der Waals surface area contributed by atoms with Crippen molar-refractivity contribution in [2.75, 3.05) is 19.7 Å². The largest absolute Gasteiger partial charge is 0.395 e. The zero-order chi connectivity index (χ0) is 12.0. The molecule has 0 bridgehead atoms. The lowest BCUT2D eigenvalue weighted by molar-refractivity contribution is 0.287. The second-order valence-corrected chi connectivity index (χ2v) is 5.09. The molecule has 0 aliphatic carbocycles. The summed E-state index contributed by atoms with van der Waals surface area (Å²) >= 11 is 0. The van der Waals surface area contributed by atoms with Crippen molar-refractivity contribution in [2.45, 2.75) is 39.2 Å². The van der Waals surface area contributed by atoms with Gasteiger partial charge < -0.3 is 15.7 Å². The first-order chi connectivity index (χ1) is 7.63. The quantitative estimate of drug-likeness (QED) is 0.418. The Bertz CT molecular complexity index is 218. The highest BCUT2D eigenvalue weighted by Crippen LogP contribution is 2.23. The highest BCUT2D eigenvalue weighted by atomic mass is 16.3. The summed E-state index contributed by atoms with van der Waals surface area (Å²) in [6.45, 7) is 6.08. The molecule has 94 valence electrons. The average Bonchev–Trinajstić information content (AvgIpc) is 2.25. The Balaban J connectivity index is 2.34. The Labute approximate surface area is 98.3 Å². The molecule has 1 rings (SSSR count). The lowest BCUT2D eigenvalue weighted by Gasteiger charge is -2.31. The first-order valence-corrected chi connectivity index (χ1v) is 6.30. The molecule has 0 aromatic rings. The molecule has 1 fully saturated rings. The third-order valence-electron chi connectivity index (χ3n) is 3.09. The van der Waals surface area contributed by atoms with Crippen LogP contribution in [0.15, 0.2) is 0 Å². The molecule has 16 heavy (non-hydrogen) atoms. The van der Waals surface area contributed by atoms with Crippen LogP contribution in [0, 0.1) is 17.2 Å². The van der Waals surface area contributed by atoms with Crippen LogP contribution in [0.4, 0.5) is 0 Å². The van der Waals surface area contributed by atoms with Gasteiger partial charge in [-0.25, -0.2) is 0 Å². The number of amidine groups is 1. The molecule has 4 nitrogen and oxygen atoms in total. The predicted octanol–water partition coefficient (Wildman–Crippen LogP) is 0.960. The zero-order valence-electron chi connectivity index (χ0n) is 10.4. The van der Waals surface area contributed by atoms with Crippen LogP contribution in [0.1, 0.15) is 33.1 Å². The number of aliphatic hydroxyl groups excluding tert-OH is 1. The summed E-state index contributed by atoms with van der Waals surface area (Å²) in [6, 6.07) is 0.157. The molecule has 1 aliphatic heterocycles. The molecule has 4 heteroatoms. The van der Waals surface area contributed by atoms with E-state index in [1.807, 2.05) is 0 Å². The fourth-order valence-electron chi connectivity index (χ4n) is 2.41. The molecule has 0 spiro atoms. The van der Waals surface area contributed by atoms with Crippen molar-refractivity contribution in [1.82, 2.24) is 10.6 Å². The summed E-state index contributed by atoms with van der Waals surface area (Å²) in [7, 11) is 0. The van der Waals surface area contributed by atoms with Crippen molar-refractivity contribution in [3.63, 3.8) is 0 Å². The van der Waals surface area contributed by atoms with E-state index < -0.39 is 0 Å². The topological polar surface area (TPSA) is 68.1 Å². The number of nitrogens with one attached hydrogen (secondary N) is 3. The molecule has 2 unspecified atom stereocenters. The fourth-order valence-corrected chi connectivity index (χ4v) is 2.41. The second-order valence-electron chi connectivity index (χ2n) is 5.09. The lowest BCUT2D eigenvalue weighted by Crippen LogP contribution is -2.49.